The molecule has 0 spiro atoms. The van der Waals surface area contributed by atoms with E-state index in [4.69, 9.17) is 16.3 Å². The Morgan fingerprint density at radius 3 is 2.57 bits per heavy atom. The van der Waals surface area contributed by atoms with Gasteiger partial charge < -0.3 is 10.1 Å². The predicted octanol–water partition coefficient (Wildman–Crippen LogP) is 4.06. The zero-order valence-corrected chi connectivity index (χ0v) is 13.2. The molecule has 0 aliphatic rings. The molecule has 2 rings (SSSR count). The molecule has 0 aliphatic carbocycles. The monoisotopic (exact) mass is 304 g/mol. The molecule has 0 saturated carbocycles. The van der Waals surface area contributed by atoms with Crippen LogP contribution >= 0.6 is 11.6 Å². The van der Waals surface area contributed by atoms with Crippen molar-refractivity contribution in [2.75, 3.05) is 6.54 Å². The van der Waals surface area contributed by atoms with E-state index in [2.05, 4.69) is 24.1 Å². The molecule has 0 bridgehead atoms. The van der Waals surface area contributed by atoms with Gasteiger partial charge in [0, 0.05) is 18.9 Å². The van der Waals surface area contributed by atoms with E-state index in [9.17, 15) is 0 Å². The summed E-state index contributed by atoms with van der Waals surface area (Å²) in [7, 11) is 0. The van der Waals surface area contributed by atoms with Gasteiger partial charge >= 0.3 is 0 Å². The van der Waals surface area contributed by atoms with Gasteiger partial charge in [0.05, 0.1) is 5.02 Å². The normalized spacial score (nSPS) is 10.9. The van der Waals surface area contributed by atoms with Gasteiger partial charge in [-0.1, -0.05) is 31.5 Å². The van der Waals surface area contributed by atoms with Gasteiger partial charge in [-0.3, -0.25) is 4.98 Å². The molecule has 3 nitrogen and oxygen atoms in total. The second kappa shape index (κ2) is 8.01. The number of ether oxygens (including phenoxy) is 1. The summed E-state index contributed by atoms with van der Waals surface area (Å²) < 4.78 is 5.74. The van der Waals surface area contributed by atoms with Gasteiger partial charge in [-0.05, 0) is 47.9 Å². The molecule has 1 heterocycles. The van der Waals surface area contributed by atoms with E-state index in [-0.39, 0.29) is 0 Å². The van der Waals surface area contributed by atoms with Crippen LogP contribution in [0.2, 0.25) is 5.02 Å². The number of nitrogens with one attached hydrogen (secondary N) is 1. The Hall–Kier alpha value is -1.58. The van der Waals surface area contributed by atoms with E-state index in [1.807, 2.05) is 30.3 Å². The molecule has 1 aromatic carbocycles. The van der Waals surface area contributed by atoms with E-state index in [0.29, 0.717) is 23.3 Å². The van der Waals surface area contributed by atoms with Crippen molar-refractivity contribution in [2.24, 2.45) is 5.92 Å². The maximum Gasteiger partial charge on any atom is 0.138 e. The fourth-order valence-electron chi connectivity index (χ4n) is 1.92. The van der Waals surface area contributed by atoms with Crippen molar-refractivity contribution in [2.45, 2.75) is 27.0 Å². The predicted molar refractivity (Wildman–Crippen MR) is 86.6 cm³/mol. The minimum absolute atomic E-state index is 0.493. The van der Waals surface area contributed by atoms with E-state index < -0.39 is 0 Å². The Morgan fingerprint density at radius 2 is 1.90 bits per heavy atom. The molecule has 1 aromatic heterocycles. The van der Waals surface area contributed by atoms with Gasteiger partial charge in [0.1, 0.15) is 12.4 Å². The number of pyridine rings is 1. The standard InChI is InChI=1S/C17H21ClN2O/c1-13(2)10-20-11-15-3-4-17(16(18)9-15)21-12-14-5-7-19-8-6-14/h3-9,13,20H,10-12H2,1-2H3. The van der Waals surface area contributed by atoms with Crippen LogP contribution in [-0.2, 0) is 13.2 Å². The maximum absolute atomic E-state index is 6.27. The maximum atomic E-state index is 6.27. The lowest BCUT2D eigenvalue weighted by atomic mass is 10.2. The second-order valence-corrected chi connectivity index (χ2v) is 5.84. The zero-order chi connectivity index (χ0) is 15.1. The van der Waals surface area contributed by atoms with E-state index >= 15 is 0 Å². The quantitative estimate of drug-likeness (QED) is 0.837. The number of halogens is 1. The summed E-state index contributed by atoms with van der Waals surface area (Å²) in [6, 6.07) is 9.78. The van der Waals surface area contributed by atoms with Crippen LogP contribution in [0.1, 0.15) is 25.0 Å². The van der Waals surface area contributed by atoms with Crippen LogP contribution < -0.4 is 10.1 Å². The van der Waals surface area contributed by atoms with Crippen LogP contribution in [0.25, 0.3) is 0 Å². The lowest BCUT2D eigenvalue weighted by molar-refractivity contribution is 0.306. The van der Waals surface area contributed by atoms with Gasteiger partial charge in [0.25, 0.3) is 0 Å². The minimum atomic E-state index is 0.493. The molecule has 0 unspecified atom stereocenters. The number of aromatic nitrogens is 1. The third-order valence-corrected chi connectivity index (χ3v) is 3.32. The van der Waals surface area contributed by atoms with Crippen LogP contribution in [0, 0.1) is 5.92 Å². The molecule has 4 heteroatoms. The summed E-state index contributed by atoms with van der Waals surface area (Å²) in [5.74, 6) is 1.35. The van der Waals surface area contributed by atoms with Gasteiger partial charge in [-0.2, -0.15) is 0 Å². The number of hydrogen-bond acceptors (Lipinski definition) is 3. The zero-order valence-electron chi connectivity index (χ0n) is 12.5. The first-order valence-corrected chi connectivity index (χ1v) is 7.54. The number of nitrogens with zero attached hydrogens (tertiary/aromatic N) is 1. The first-order chi connectivity index (χ1) is 10.1. The van der Waals surface area contributed by atoms with Crippen molar-refractivity contribution in [1.29, 1.82) is 0 Å². The summed E-state index contributed by atoms with van der Waals surface area (Å²) in [5.41, 5.74) is 2.24. The molecule has 0 aliphatic heterocycles. The summed E-state index contributed by atoms with van der Waals surface area (Å²) in [4.78, 5) is 3.98. The molecule has 21 heavy (non-hydrogen) atoms. The number of hydrogen-bond donors (Lipinski definition) is 1. The largest absolute Gasteiger partial charge is 0.487 e. The van der Waals surface area contributed by atoms with Crippen molar-refractivity contribution in [3.8, 4) is 5.75 Å². The van der Waals surface area contributed by atoms with Crippen LogP contribution in [0.15, 0.2) is 42.7 Å². The summed E-state index contributed by atoms with van der Waals surface area (Å²) in [6.45, 7) is 6.69. The van der Waals surface area contributed by atoms with Gasteiger partial charge in [0.2, 0.25) is 0 Å². The SMILES string of the molecule is CC(C)CNCc1ccc(OCc2ccncc2)c(Cl)c1. The molecule has 0 radical (unpaired) electrons. The van der Waals surface area contributed by atoms with Crippen LogP contribution in [0.4, 0.5) is 0 Å². The van der Waals surface area contributed by atoms with Crippen LogP contribution in [-0.4, -0.2) is 11.5 Å². The van der Waals surface area contributed by atoms with Gasteiger partial charge in [-0.25, -0.2) is 0 Å². The summed E-state index contributed by atoms with van der Waals surface area (Å²) >= 11 is 6.27. The van der Waals surface area contributed by atoms with E-state index in [1.165, 1.54) is 0 Å². The highest BCUT2D eigenvalue weighted by molar-refractivity contribution is 6.32. The highest BCUT2D eigenvalue weighted by Gasteiger charge is 2.04. The Balaban J connectivity index is 1.90. The van der Waals surface area contributed by atoms with E-state index in [0.717, 1.165) is 24.2 Å². The molecule has 112 valence electrons. The molecule has 1 N–H and O–H groups in total. The third-order valence-electron chi connectivity index (χ3n) is 3.02. The average Bonchev–Trinajstić information content (AvgIpc) is 2.47. The lowest BCUT2D eigenvalue weighted by Gasteiger charge is -2.11. The summed E-state index contributed by atoms with van der Waals surface area (Å²) in [6.07, 6.45) is 3.51. The fourth-order valence-corrected chi connectivity index (χ4v) is 2.17. The fraction of sp³-hybridized carbons (Fsp3) is 0.353. The Bertz CT molecular complexity index is 558. The third kappa shape index (κ3) is 5.37. The molecule has 0 fully saturated rings. The molecule has 0 amide bonds. The van der Waals surface area contributed by atoms with Crippen LogP contribution in [0.3, 0.4) is 0 Å². The van der Waals surface area contributed by atoms with E-state index in [1.54, 1.807) is 12.4 Å². The highest BCUT2D eigenvalue weighted by atomic mass is 35.5. The Labute approximate surface area is 131 Å². The topological polar surface area (TPSA) is 34.1 Å². The van der Waals surface area contributed by atoms with Gasteiger partial charge in [0.15, 0.2) is 0 Å². The van der Waals surface area contributed by atoms with Gasteiger partial charge in [-0.15, -0.1) is 0 Å². The Morgan fingerprint density at radius 1 is 1.14 bits per heavy atom. The molecule has 0 saturated heterocycles. The average molecular weight is 305 g/mol. The van der Waals surface area contributed by atoms with Crippen LogP contribution in [0.5, 0.6) is 5.75 Å². The summed E-state index contributed by atoms with van der Waals surface area (Å²) in [5, 5.41) is 4.05. The number of rotatable bonds is 7. The first-order valence-electron chi connectivity index (χ1n) is 7.16. The van der Waals surface area contributed by atoms with Crippen molar-refractivity contribution < 1.29 is 4.74 Å². The molecule has 2 aromatic rings. The highest BCUT2D eigenvalue weighted by Crippen LogP contribution is 2.26. The Kier molecular flexibility index (Phi) is 6.03. The van der Waals surface area contributed by atoms with Crippen molar-refractivity contribution in [1.82, 2.24) is 10.3 Å². The molecular weight excluding hydrogens is 284 g/mol. The minimum Gasteiger partial charge on any atom is -0.487 e. The van der Waals surface area contributed by atoms with Crippen molar-refractivity contribution in [3.05, 3.63) is 58.9 Å². The van der Waals surface area contributed by atoms with Crippen molar-refractivity contribution in [3.63, 3.8) is 0 Å². The second-order valence-electron chi connectivity index (χ2n) is 5.43. The molecular formula is C17H21ClN2O. The lowest BCUT2D eigenvalue weighted by Crippen LogP contribution is -2.18. The molecule has 0 atom stereocenters. The number of benzene rings is 1. The van der Waals surface area contributed by atoms with Crippen molar-refractivity contribution >= 4 is 11.6 Å². The first kappa shape index (κ1) is 15.8. The smallest absolute Gasteiger partial charge is 0.138 e.